The van der Waals surface area contributed by atoms with Crippen molar-refractivity contribution in [2.24, 2.45) is 11.1 Å². The first kappa shape index (κ1) is 12.8. The van der Waals surface area contributed by atoms with Gasteiger partial charge in [-0.25, -0.2) is 0 Å². The van der Waals surface area contributed by atoms with E-state index in [1.165, 1.54) is 19.3 Å². The number of halogens is 1. The molecule has 0 atom stereocenters. The van der Waals surface area contributed by atoms with Gasteiger partial charge < -0.3 is 11.1 Å². The van der Waals surface area contributed by atoms with E-state index in [-0.39, 0.29) is 0 Å². The third kappa shape index (κ3) is 2.80. The molecule has 3 N–H and O–H groups in total. The van der Waals surface area contributed by atoms with Crippen LogP contribution in [-0.2, 0) is 0 Å². The van der Waals surface area contributed by atoms with Crippen molar-refractivity contribution in [1.82, 2.24) is 0 Å². The van der Waals surface area contributed by atoms with E-state index in [1.807, 2.05) is 18.2 Å². The van der Waals surface area contributed by atoms with E-state index in [4.69, 9.17) is 18.0 Å². The zero-order valence-corrected chi connectivity index (χ0v) is 12.3. The minimum Gasteiger partial charge on any atom is -0.389 e. The molecule has 0 radical (unpaired) electrons. The highest BCUT2D eigenvalue weighted by Gasteiger charge is 2.40. The lowest BCUT2D eigenvalue weighted by Gasteiger charge is -2.17. The van der Waals surface area contributed by atoms with Crippen molar-refractivity contribution < 1.29 is 0 Å². The van der Waals surface area contributed by atoms with E-state index in [0.717, 1.165) is 22.3 Å². The van der Waals surface area contributed by atoms with Gasteiger partial charge in [-0.2, -0.15) is 0 Å². The number of anilines is 1. The molecule has 1 aromatic carbocycles. The van der Waals surface area contributed by atoms with Crippen LogP contribution in [0.15, 0.2) is 22.7 Å². The van der Waals surface area contributed by atoms with Crippen molar-refractivity contribution in [3.63, 3.8) is 0 Å². The van der Waals surface area contributed by atoms with Crippen LogP contribution in [-0.4, -0.2) is 11.5 Å². The zero-order valence-electron chi connectivity index (χ0n) is 9.92. The van der Waals surface area contributed by atoms with Gasteiger partial charge in [0.05, 0.1) is 0 Å². The monoisotopic (exact) mass is 312 g/mol. The Balaban J connectivity index is 2.15. The summed E-state index contributed by atoms with van der Waals surface area (Å²) >= 11 is 8.59. The fourth-order valence-electron chi connectivity index (χ4n) is 2.04. The molecule has 1 aromatic rings. The Morgan fingerprint density at radius 3 is 2.76 bits per heavy atom. The predicted molar refractivity (Wildman–Crippen MR) is 80.5 cm³/mol. The molecule has 0 saturated heterocycles. The summed E-state index contributed by atoms with van der Waals surface area (Å²) in [6.45, 7) is 3.26. The predicted octanol–water partition coefficient (Wildman–Crippen LogP) is 3.69. The van der Waals surface area contributed by atoms with Crippen LogP contribution in [0.25, 0.3) is 0 Å². The summed E-state index contributed by atoms with van der Waals surface area (Å²) in [5.41, 5.74) is 8.22. The van der Waals surface area contributed by atoms with Gasteiger partial charge in [0.15, 0.2) is 0 Å². The van der Waals surface area contributed by atoms with Crippen LogP contribution in [0.1, 0.15) is 31.7 Å². The van der Waals surface area contributed by atoms with Crippen LogP contribution < -0.4 is 11.1 Å². The third-order valence-corrected chi connectivity index (χ3v) is 4.49. The van der Waals surface area contributed by atoms with Crippen molar-refractivity contribution in [2.45, 2.75) is 26.2 Å². The maximum atomic E-state index is 5.76. The first-order valence-corrected chi connectivity index (χ1v) is 7.10. The van der Waals surface area contributed by atoms with E-state index < -0.39 is 0 Å². The average molecular weight is 313 g/mol. The lowest BCUT2D eigenvalue weighted by molar-refractivity contribution is 0.521. The Morgan fingerprint density at radius 2 is 2.24 bits per heavy atom. The first-order valence-electron chi connectivity index (χ1n) is 5.90. The Bertz CT molecular complexity index is 441. The molecule has 0 spiro atoms. The molecule has 1 aliphatic carbocycles. The van der Waals surface area contributed by atoms with Crippen molar-refractivity contribution >= 4 is 38.8 Å². The number of nitrogens with two attached hydrogens (primary N) is 1. The molecule has 1 aliphatic rings. The van der Waals surface area contributed by atoms with Gasteiger partial charge in [0.25, 0.3) is 0 Å². The summed E-state index contributed by atoms with van der Waals surface area (Å²) in [5, 5.41) is 3.49. The Kier molecular flexibility index (Phi) is 3.73. The van der Waals surface area contributed by atoms with Gasteiger partial charge in [0.2, 0.25) is 0 Å². The highest BCUT2D eigenvalue weighted by Crippen LogP contribution is 2.48. The summed E-state index contributed by atoms with van der Waals surface area (Å²) in [6, 6.07) is 6.00. The molecule has 2 nitrogen and oxygen atoms in total. The van der Waals surface area contributed by atoms with Crippen LogP contribution in [0, 0.1) is 5.41 Å². The minimum absolute atomic E-state index is 0.432. The molecular weight excluding hydrogens is 296 g/mol. The lowest BCUT2D eigenvalue weighted by atomic mass is 10.0. The second-order valence-electron chi connectivity index (χ2n) is 4.73. The van der Waals surface area contributed by atoms with E-state index >= 15 is 0 Å². The number of nitrogens with one attached hydrogen (secondary N) is 1. The number of benzene rings is 1. The highest BCUT2D eigenvalue weighted by molar-refractivity contribution is 9.10. The second-order valence-corrected chi connectivity index (χ2v) is 6.03. The number of hydrogen-bond donors (Lipinski definition) is 2. The number of hydrogen-bond acceptors (Lipinski definition) is 2. The van der Waals surface area contributed by atoms with Gasteiger partial charge in [-0.05, 0) is 52.7 Å². The lowest BCUT2D eigenvalue weighted by Crippen LogP contribution is -2.18. The topological polar surface area (TPSA) is 38.0 Å². The fourth-order valence-corrected chi connectivity index (χ4v) is 2.97. The summed E-state index contributed by atoms with van der Waals surface area (Å²) < 4.78 is 0.955. The van der Waals surface area contributed by atoms with Gasteiger partial charge in [-0.15, -0.1) is 0 Å². The molecule has 4 heteroatoms. The highest BCUT2D eigenvalue weighted by atomic mass is 79.9. The molecular formula is C13H17BrN2S. The van der Waals surface area contributed by atoms with Crippen molar-refractivity contribution in [2.75, 3.05) is 11.9 Å². The van der Waals surface area contributed by atoms with Crippen LogP contribution in [0.2, 0.25) is 0 Å². The molecule has 92 valence electrons. The molecule has 0 bridgehead atoms. The van der Waals surface area contributed by atoms with Crippen molar-refractivity contribution in [3.05, 3.63) is 28.2 Å². The summed E-state index contributed by atoms with van der Waals surface area (Å²) in [5.74, 6) is 0. The smallest absolute Gasteiger partial charge is 0.107 e. The molecule has 0 heterocycles. The molecule has 1 saturated carbocycles. The molecule has 0 aliphatic heterocycles. The summed E-state index contributed by atoms with van der Waals surface area (Å²) in [6.07, 6.45) is 3.89. The van der Waals surface area contributed by atoms with E-state index in [1.54, 1.807) is 0 Å². The maximum Gasteiger partial charge on any atom is 0.107 e. The zero-order chi connectivity index (χ0) is 12.5. The van der Waals surface area contributed by atoms with Crippen LogP contribution >= 0.6 is 28.1 Å². The Morgan fingerprint density at radius 1 is 1.53 bits per heavy atom. The van der Waals surface area contributed by atoms with E-state index in [2.05, 4.69) is 28.2 Å². The molecule has 17 heavy (non-hydrogen) atoms. The van der Waals surface area contributed by atoms with Gasteiger partial charge in [0, 0.05) is 22.3 Å². The first-order chi connectivity index (χ1) is 8.08. The second kappa shape index (κ2) is 4.94. The minimum atomic E-state index is 0.432. The van der Waals surface area contributed by atoms with Crippen molar-refractivity contribution in [1.29, 1.82) is 0 Å². The quantitative estimate of drug-likeness (QED) is 0.814. The number of rotatable bonds is 5. The number of thiocarbonyl (C=S) groups is 1. The van der Waals surface area contributed by atoms with Gasteiger partial charge in [-0.1, -0.05) is 25.2 Å². The average Bonchev–Trinajstić information content (AvgIpc) is 3.06. The normalized spacial score (nSPS) is 16.6. The standard InChI is InChI=1S/C13H17BrN2S/c1-2-13(6-7-13)8-16-10-5-3-4-9(14)11(10)12(15)17/h3-5,16H,2,6-8H2,1H3,(H2,15,17). The molecule has 1 fully saturated rings. The van der Waals surface area contributed by atoms with Gasteiger partial charge >= 0.3 is 0 Å². The third-order valence-electron chi connectivity index (χ3n) is 3.62. The van der Waals surface area contributed by atoms with Gasteiger partial charge in [-0.3, -0.25) is 0 Å². The van der Waals surface area contributed by atoms with E-state index in [9.17, 15) is 0 Å². The summed E-state index contributed by atoms with van der Waals surface area (Å²) in [4.78, 5) is 0.432. The molecule has 0 amide bonds. The van der Waals surface area contributed by atoms with Gasteiger partial charge in [0.1, 0.15) is 4.99 Å². The van der Waals surface area contributed by atoms with E-state index in [0.29, 0.717) is 10.4 Å². The molecule has 0 unspecified atom stereocenters. The largest absolute Gasteiger partial charge is 0.389 e. The fraction of sp³-hybridized carbons (Fsp3) is 0.462. The van der Waals surface area contributed by atoms with Crippen molar-refractivity contribution in [3.8, 4) is 0 Å². The Hall–Kier alpha value is -0.610. The van der Waals surface area contributed by atoms with Crippen LogP contribution in [0.4, 0.5) is 5.69 Å². The Labute approximate surface area is 116 Å². The molecule has 2 rings (SSSR count). The summed E-state index contributed by atoms with van der Waals surface area (Å²) in [7, 11) is 0. The SMILES string of the molecule is CCC1(CNc2cccc(Br)c2C(N)=S)CC1. The van der Waals surface area contributed by atoms with Crippen LogP contribution in [0.3, 0.4) is 0 Å². The maximum absolute atomic E-state index is 5.76. The molecule has 0 aromatic heterocycles. The van der Waals surface area contributed by atoms with Crippen LogP contribution in [0.5, 0.6) is 0 Å².